The van der Waals surface area contributed by atoms with Crippen molar-refractivity contribution in [2.24, 2.45) is 0 Å². The summed E-state index contributed by atoms with van der Waals surface area (Å²) >= 11 is 9.52. The van der Waals surface area contributed by atoms with Gasteiger partial charge in [0.2, 0.25) is 0 Å². The van der Waals surface area contributed by atoms with Crippen LogP contribution >= 0.6 is 27.5 Å². The predicted octanol–water partition coefficient (Wildman–Crippen LogP) is 3.33. The van der Waals surface area contributed by atoms with Gasteiger partial charge in [-0.3, -0.25) is 0 Å². The Morgan fingerprint density at radius 3 is 2.82 bits per heavy atom. The van der Waals surface area contributed by atoms with E-state index >= 15 is 0 Å². The number of halogens is 2. The molecule has 1 aromatic rings. The summed E-state index contributed by atoms with van der Waals surface area (Å²) in [6.45, 7) is 2.22. The summed E-state index contributed by atoms with van der Waals surface area (Å²) < 4.78 is 1.10. The summed E-state index contributed by atoms with van der Waals surface area (Å²) in [6, 6.07) is 7.03. The Bertz CT molecular complexity index is 395. The maximum atomic E-state index is 6.02. The lowest BCUT2D eigenvalue weighted by Gasteiger charge is -2.23. The number of hydrogen-bond acceptors (Lipinski definition) is 2. The van der Waals surface area contributed by atoms with Crippen LogP contribution in [-0.4, -0.2) is 38.1 Å². The highest BCUT2D eigenvalue weighted by molar-refractivity contribution is 9.10. The van der Waals surface area contributed by atoms with Gasteiger partial charge in [-0.15, -0.1) is 11.6 Å². The monoisotopic (exact) mass is 316 g/mol. The predicted molar refractivity (Wildman–Crippen MR) is 78.0 cm³/mol. The van der Waals surface area contributed by atoms with E-state index in [9.17, 15) is 0 Å². The van der Waals surface area contributed by atoms with Crippen LogP contribution in [0.1, 0.15) is 12.0 Å². The summed E-state index contributed by atoms with van der Waals surface area (Å²) in [4.78, 5) is 4.74. The first-order valence-corrected chi connectivity index (χ1v) is 7.20. The van der Waals surface area contributed by atoms with E-state index in [4.69, 9.17) is 11.6 Å². The number of hydrogen-bond donors (Lipinski definition) is 0. The van der Waals surface area contributed by atoms with Gasteiger partial charge < -0.3 is 9.80 Å². The zero-order chi connectivity index (χ0) is 12.4. The second kappa shape index (κ2) is 5.59. The van der Waals surface area contributed by atoms with Crippen molar-refractivity contribution in [1.82, 2.24) is 4.90 Å². The fourth-order valence-electron chi connectivity index (χ4n) is 2.35. The molecule has 1 saturated heterocycles. The van der Waals surface area contributed by atoms with Gasteiger partial charge in [-0.2, -0.15) is 0 Å². The zero-order valence-electron chi connectivity index (χ0n) is 10.3. The minimum absolute atomic E-state index is 0.567. The molecule has 1 atom stereocenters. The lowest BCUT2D eigenvalue weighted by molar-refractivity contribution is 0.315. The van der Waals surface area contributed by atoms with Crippen LogP contribution in [0.3, 0.4) is 0 Å². The SMILES string of the molecule is CN(C)C1CCN(c2ccc(Br)cc2CCl)C1. The molecule has 0 aliphatic carbocycles. The fraction of sp³-hybridized carbons (Fsp3) is 0.538. The number of alkyl halides is 1. The maximum absolute atomic E-state index is 6.02. The molecule has 1 aliphatic rings. The zero-order valence-corrected chi connectivity index (χ0v) is 12.6. The molecule has 0 aromatic heterocycles. The molecule has 0 amide bonds. The standard InChI is InChI=1S/C13H18BrClN2/c1-16(2)12-5-6-17(9-12)13-4-3-11(14)7-10(13)8-15/h3-4,7,12H,5-6,8-9H2,1-2H3. The quantitative estimate of drug-likeness (QED) is 0.789. The Hall–Kier alpha value is -0.250. The molecule has 94 valence electrons. The average molecular weight is 318 g/mol. The molecule has 0 radical (unpaired) electrons. The summed E-state index contributed by atoms with van der Waals surface area (Å²) in [7, 11) is 4.30. The van der Waals surface area contributed by atoms with Crippen molar-refractivity contribution < 1.29 is 0 Å². The molecule has 2 nitrogen and oxygen atoms in total. The molecule has 1 unspecified atom stereocenters. The number of likely N-dealkylation sites (N-methyl/N-ethyl adjacent to an activating group) is 1. The van der Waals surface area contributed by atoms with Gasteiger partial charge in [0.1, 0.15) is 0 Å². The third-order valence-electron chi connectivity index (χ3n) is 3.42. The largest absolute Gasteiger partial charge is 0.370 e. The molecule has 1 aromatic carbocycles. The van der Waals surface area contributed by atoms with Crippen LogP contribution in [0.2, 0.25) is 0 Å². The van der Waals surface area contributed by atoms with E-state index in [1.807, 2.05) is 0 Å². The highest BCUT2D eigenvalue weighted by Crippen LogP contribution is 2.29. The Labute approximate surface area is 117 Å². The molecule has 0 N–H and O–H groups in total. The van der Waals surface area contributed by atoms with Crippen LogP contribution in [0.5, 0.6) is 0 Å². The number of rotatable bonds is 3. The first-order chi connectivity index (χ1) is 8.11. The van der Waals surface area contributed by atoms with Crippen molar-refractivity contribution in [2.45, 2.75) is 18.3 Å². The van der Waals surface area contributed by atoms with E-state index in [1.165, 1.54) is 17.7 Å². The van der Waals surface area contributed by atoms with Gasteiger partial charge in [-0.05, 0) is 44.3 Å². The van der Waals surface area contributed by atoms with Crippen LogP contribution in [0.25, 0.3) is 0 Å². The molecule has 0 saturated carbocycles. The van der Waals surface area contributed by atoms with Crippen LogP contribution in [0.15, 0.2) is 22.7 Å². The molecular formula is C13H18BrClN2. The summed E-state index contributed by atoms with van der Waals surface area (Å²) in [5, 5.41) is 0. The molecule has 1 fully saturated rings. The first-order valence-electron chi connectivity index (χ1n) is 5.87. The van der Waals surface area contributed by atoms with Crippen LogP contribution < -0.4 is 4.90 Å². The van der Waals surface area contributed by atoms with Crippen LogP contribution in [0.4, 0.5) is 5.69 Å². The van der Waals surface area contributed by atoms with Gasteiger partial charge in [-0.25, -0.2) is 0 Å². The second-order valence-corrected chi connectivity index (χ2v) is 5.94. The van der Waals surface area contributed by atoms with Crippen LogP contribution in [0, 0.1) is 0 Å². The van der Waals surface area contributed by atoms with Crippen LogP contribution in [-0.2, 0) is 5.88 Å². The number of anilines is 1. The molecule has 0 bridgehead atoms. The fourth-order valence-corrected chi connectivity index (χ4v) is 2.97. The van der Waals surface area contributed by atoms with Crippen molar-refractivity contribution in [3.05, 3.63) is 28.2 Å². The Kier molecular flexibility index (Phi) is 4.34. The molecule has 1 heterocycles. The summed E-state index contributed by atoms with van der Waals surface area (Å²) in [5.41, 5.74) is 2.49. The van der Waals surface area contributed by atoms with Crippen molar-refractivity contribution in [1.29, 1.82) is 0 Å². The molecule has 2 rings (SSSR count). The Balaban J connectivity index is 2.18. The van der Waals surface area contributed by atoms with E-state index in [0.29, 0.717) is 11.9 Å². The van der Waals surface area contributed by atoms with E-state index in [2.05, 4.69) is 58.0 Å². The minimum Gasteiger partial charge on any atom is -0.370 e. The van der Waals surface area contributed by atoms with Gasteiger partial charge in [0.25, 0.3) is 0 Å². The lowest BCUT2D eigenvalue weighted by atomic mass is 10.2. The van der Waals surface area contributed by atoms with E-state index in [1.54, 1.807) is 0 Å². The highest BCUT2D eigenvalue weighted by atomic mass is 79.9. The molecule has 4 heteroatoms. The van der Waals surface area contributed by atoms with E-state index in [-0.39, 0.29) is 0 Å². The van der Waals surface area contributed by atoms with Gasteiger partial charge in [0, 0.05) is 35.2 Å². The number of benzene rings is 1. The normalized spacial score (nSPS) is 20.3. The Morgan fingerprint density at radius 2 is 2.24 bits per heavy atom. The average Bonchev–Trinajstić information content (AvgIpc) is 2.78. The molecule has 0 spiro atoms. The van der Waals surface area contributed by atoms with Crippen molar-refractivity contribution >= 4 is 33.2 Å². The number of nitrogens with zero attached hydrogens (tertiary/aromatic N) is 2. The molecular weight excluding hydrogens is 300 g/mol. The summed E-state index contributed by atoms with van der Waals surface area (Å²) in [6.07, 6.45) is 1.23. The van der Waals surface area contributed by atoms with Gasteiger partial charge in [0.05, 0.1) is 0 Å². The molecule has 17 heavy (non-hydrogen) atoms. The van der Waals surface area contributed by atoms with Crippen molar-refractivity contribution in [3.63, 3.8) is 0 Å². The molecule has 1 aliphatic heterocycles. The van der Waals surface area contributed by atoms with Gasteiger partial charge >= 0.3 is 0 Å². The third kappa shape index (κ3) is 2.95. The smallest absolute Gasteiger partial charge is 0.0494 e. The first kappa shape index (κ1) is 13.2. The lowest BCUT2D eigenvalue weighted by Crippen LogP contribution is -2.31. The van der Waals surface area contributed by atoms with E-state index < -0.39 is 0 Å². The van der Waals surface area contributed by atoms with Crippen molar-refractivity contribution in [3.8, 4) is 0 Å². The van der Waals surface area contributed by atoms with Gasteiger partial charge in [-0.1, -0.05) is 15.9 Å². The summed E-state index contributed by atoms with van der Waals surface area (Å²) in [5.74, 6) is 0.567. The van der Waals surface area contributed by atoms with E-state index in [0.717, 1.165) is 17.6 Å². The topological polar surface area (TPSA) is 6.48 Å². The van der Waals surface area contributed by atoms with Crippen molar-refractivity contribution in [2.75, 3.05) is 32.1 Å². The maximum Gasteiger partial charge on any atom is 0.0494 e. The minimum atomic E-state index is 0.567. The Morgan fingerprint density at radius 1 is 1.47 bits per heavy atom. The third-order valence-corrected chi connectivity index (χ3v) is 4.20. The van der Waals surface area contributed by atoms with Gasteiger partial charge in [0.15, 0.2) is 0 Å². The second-order valence-electron chi connectivity index (χ2n) is 4.76. The highest BCUT2D eigenvalue weighted by Gasteiger charge is 2.25.